The van der Waals surface area contributed by atoms with Gasteiger partial charge in [0.15, 0.2) is 0 Å². The van der Waals surface area contributed by atoms with Gasteiger partial charge in [-0.2, -0.15) is 4.98 Å². The van der Waals surface area contributed by atoms with Gasteiger partial charge in [-0.05, 0) is 25.0 Å². The minimum absolute atomic E-state index is 0.0558. The normalized spacial score (nSPS) is 13.7. The van der Waals surface area contributed by atoms with Crippen molar-refractivity contribution in [2.24, 2.45) is 5.92 Å². The number of hydrogen-bond acceptors (Lipinski definition) is 4. The molecule has 1 aromatic heterocycles. The highest BCUT2D eigenvalue weighted by atomic mass is 16.5. The van der Waals surface area contributed by atoms with Crippen LogP contribution < -0.4 is 5.32 Å². The quantitative estimate of drug-likeness (QED) is 0.797. The Labute approximate surface area is 133 Å². The summed E-state index contributed by atoms with van der Waals surface area (Å²) in [5.41, 5.74) is 2.32. The van der Waals surface area contributed by atoms with Crippen molar-refractivity contribution in [2.45, 2.75) is 12.8 Å². The van der Waals surface area contributed by atoms with Gasteiger partial charge in [-0.15, -0.1) is 0 Å². The van der Waals surface area contributed by atoms with Gasteiger partial charge in [-0.25, -0.2) is 0 Å². The summed E-state index contributed by atoms with van der Waals surface area (Å²) in [7, 11) is 0. The molecule has 1 heterocycles. The Bertz CT molecular complexity index is 838. The molecule has 0 unspecified atom stereocenters. The van der Waals surface area contributed by atoms with Gasteiger partial charge in [0.2, 0.25) is 11.7 Å². The van der Waals surface area contributed by atoms with Gasteiger partial charge in [0.25, 0.3) is 5.89 Å². The molecule has 4 rings (SSSR count). The van der Waals surface area contributed by atoms with Crippen molar-refractivity contribution in [3.63, 3.8) is 0 Å². The SMILES string of the molecule is O=C(Nc1ccccc1-c1nc(-c2ccccc2)no1)C1CC1. The predicted molar refractivity (Wildman–Crippen MR) is 86.5 cm³/mol. The van der Waals surface area contributed by atoms with Crippen LogP contribution in [0.1, 0.15) is 12.8 Å². The van der Waals surface area contributed by atoms with E-state index in [0.29, 0.717) is 17.4 Å². The first-order chi connectivity index (χ1) is 11.3. The van der Waals surface area contributed by atoms with Crippen LogP contribution in [0.15, 0.2) is 59.1 Å². The summed E-state index contributed by atoms with van der Waals surface area (Å²) in [5.74, 6) is 1.13. The maximum Gasteiger partial charge on any atom is 0.260 e. The lowest BCUT2D eigenvalue weighted by atomic mass is 10.1. The first kappa shape index (κ1) is 13.7. The number of para-hydroxylation sites is 1. The van der Waals surface area contributed by atoms with Crippen molar-refractivity contribution >= 4 is 11.6 Å². The van der Waals surface area contributed by atoms with Crippen LogP contribution in [0, 0.1) is 5.92 Å². The number of hydrogen-bond donors (Lipinski definition) is 1. The fraction of sp³-hybridized carbons (Fsp3) is 0.167. The molecular weight excluding hydrogens is 290 g/mol. The third-order valence-corrected chi connectivity index (χ3v) is 3.82. The van der Waals surface area contributed by atoms with Gasteiger partial charge in [-0.3, -0.25) is 4.79 Å². The van der Waals surface area contributed by atoms with Gasteiger partial charge in [0, 0.05) is 11.5 Å². The number of rotatable bonds is 4. The summed E-state index contributed by atoms with van der Waals surface area (Å²) >= 11 is 0. The summed E-state index contributed by atoms with van der Waals surface area (Å²) in [6.45, 7) is 0. The van der Waals surface area contributed by atoms with Crippen LogP contribution in [0.25, 0.3) is 22.8 Å². The van der Waals surface area contributed by atoms with Crippen molar-refractivity contribution in [3.05, 3.63) is 54.6 Å². The van der Waals surface area contributed by atoms with Gasteiger partial charge < -0.3 is 9.84 Å². The average Bonchev–Trinajstić information content (AvgIpc) is 3.34. The third-order valence-electron chi connectivity index (χ3n) is 3.82. The molecule has 3 aromatic rings. The second kappa shape index (κ2) is 5.68. The Morgan fingerprint density at radius 2 is 1.78 bits per heavy atom. The number of anilines is 1. The number of nitrogens with zero attached hydrogens (tertiary/aromatic N) is 2. The van der Waals surface area contributed by atoms with Crippen LogP contribution in [0.3, 0.4) is 0 Å². The lowest BCUT2D eigenvalue weighted by Gasteiger charge is -2.07. The molecular formula is C18H15N3O2. The molecule has 0 spiro atoms. The van der Waals surface area contributed by atoms with E-state index in [2.05, 4.69) is 15.5 Å². The molecule has 5 nitrogen and oxygen atoms in total. The number of amides is 1. The van der Waals surface area contributed by atoms with Crippen molar-refractivity contribution in [2.75, 3.05) is 5.32 Å². The fourth-order valence-electron chi connectivity index (χ4n) is 2.40. The predicted octanol–water partition coefficient (Wildman–Crippen LogP) is 3.75. The molecule has 0 aliphatic heterocycles. The maximum absolute atomic E-state index is 12.0. The largest absolute Gasteiger partial charge is 0.334 e. The zero-order chi connectivity index (χ0) is 15.6. The molecule has 0 bridgehead atoms. The van der Waals surface area contributed by atoms with Crippen LogP contribution in [0.4, 0.5) is 5.69 Å². The number of benzene rings is 2. The van der Waals surface area contributed by atoms with Crippen molar-refractivity contribution < 1.29 is 9.32 Å². The molecule has 1 amide bonds. The molecule has 1 saturated carbocycles. The summed E-state index contributed by atoms with van der Waals surface area (Å²) in [6, 6.07) is 17.1. The summed E-state index contributed by atoms with van der Waals surface area (Å²) < 4.78 is 5.39. The van der Waals surface area contributed by atoms with Crippen LogP contribution in [0.5, 0.6) is 0 Å². The third kappa shape index (κ3) is 2.85. The summed E-state index contributed by atoms with van der Waals surface area (Å²) in [5, 5.41) is 6.98. The van der Waals surface area contributed by atoms with E-state index < -0.39 is 0 Å². The van der Waals surface area contributed by atoms with E-state index in [9.17, 15) is 4.79 Å². The minimum atomic E-state index is 0.0558. The van der Waals surface area contributed by atoms with E-state index in [1.165, 1.54) is 0 Å². The molecule has 114 valence electrons. The number of carbonyl (C=O) groups excluding carboxylic acids is 1. The summed E-state index contributed by atoms with van der Waals surface area (Å²) in [4.78, 5) is 16.5. The Morgan fingerprint density at radius 1 is 1.04 bits per heavy atom. The van der Waals surface area contributed by atoms with E-state index in [4.69, 9.17) is 4.52 Å². The van der Waals surface area contributed by atoms with Crippen molar-refractivity contribution in [3.8, 4) is 22.8 Å². The van der Waals surface area contributed by atoms with Gasteiger partial charge in [0.05, 0.1) is 11.3 Å². The number of carbonyl (C=O) groups is 1. The fourth-order valence-corrected chi connectivity index (χ4v) is 2.40. The second-order valence-corrected chi connectivity index (χ2v) is 5.60. The topological polar surface area (TPSA) is 68.0 Å². The van der Waals surface area contributed by atoms with E-state index in [0.717, 1.165) is 24.0 Å². The first-order valence-electron chi connectivity index (χ1n) is 7.60. The Morgan fingerprint density at radius 3 is 2.57 bits per heavy atom. The Hall–Kier alpha value is -2.95. The van der Waals surface area contributed by atoms with E-state index in [1.54, 1.807) is 0 Å². The molecule has 23 heavy (non-hydrogen) atoms. The smallest absolute Gasteiger partial charge is 0.260 e. The van der Waals surface area contributed by atoms with Gasteiger partial charge >= 0.3 is 0 Å². The highest BCUT2D eigenvalue weighted by Gasteiger charge is 2.30. The molecule has 0 saturated heterocycles. The van der Waals surface area contributed by atoms with Crippen molar-refractivity contribution in [1.29, 1.82) is 0 Å². The van der Waals surface area contributed by atoms with Crippen LogP contribution in [0.2, 0.25) is 0 Å². The van der Waals surface area contributed by atoms with E-state index >= 15 is 0 Å². The monoisotopic (exact) mass is 305 g/mol. The Kier molecular flexibility index (Phi) is 3.38. The molecule has 1 N–H and O–H groups in total. The first-order valence-corrected chi connectivity index (χ1v) is 7.60. The zero-order valence-corrected chi connectivity index (χ0v) is 12.4. The zero-order valence-electron chi connectivity index (χ0n) is 12.4. The van der Waals surface area contributed by atoms with Crippen LogP contribution >= 0.6 is 0 Å². The van der Waals surface area contributed by atoms with Crippen LogP contribution in [-0.2, 0) is 4.79 Å². The summed E-state index contributed by atoms with van der Waals surface area (Å²) in [6.07, 6.45) is 1.93. The van der Waals surface area contributed by atoms with E-state index in [-0.39, 0.29) is 11.8 Å². The van der Waals surface area contributed by atoms with Crippen LogP contribution in [-0.4, -0.2) is 16.0 Å². The average molecular weight is 305 g/mol. The second-order valence-electron chi connectivity index (χ2n) is 5.60. The molecule has 0 radical (unpaired) electrons. The van der Waals surface area contributed by atoms with Gasteiger partial charge in [0.1, 0.15) is 0 Å². The molecule has 1 aliphatic rings. The lowest BCUT2D eigenvalue weighted by Crippen LogP contribution is -2.13. The highest BCUT2D eigenvalue weighted by molar-refractivity contribution is 5.97. The van der Waals surface area contributed by atoms with Crippen molar-refractivity contribution in [1.82, 2.24) is 10.1 Å². The van der Waals surface area contributed by atoms with E-state index in [1.807, 2.05) is 54.6 Å². The number of aromatic nitrogens is 2. The van der Waals surface area contributed by atoms with Gasteiger partial charge in [-0.1, -0.05) is 47.6 Å². The maximum atomic E-state index is 12.0. The highest BCUT2D eigenvalue weighted by Crippen LogP contribution is 2.33. The molecule has 0 atom stereocenters. The molecule has 5 heteroatoms. The molecule has 2 aromatic carbocycles. The number of nitrogens with one attached hydrogen (secondary N) is 1. The molecule has 1 fully saturated rings. The Balaban J connectivity index is 1.65. The molecule has 1 aliphatic carbocycles. The minimum Gasteiger partial charge on any atom is -0.334 e. The standard InChI is InChI=1S/C18H15N3O2/c22-17(13-10-11-13)19-15-9-5-4-8-14(15)18-20-16(21-23-18)12-6-2-1-3-7-12/h1-9,13H,10-11H2,(H,19,22). The lowest BCUT2D eigenvalue weighted by molar-refractivity contribution is -0.117.